The number of amides is 1. The maximum atomic E-state index is 12.1. The van der Waals surface area contributed by atoms with E-state index in [9.17, 15) is 4.79 Å². The predicted molar refractivity (Wildman–Crippen MR) is 82.0 cm³/mol. The molecule has 1 aliphatic rings. The molecule has 0 aromatic rings. The van der Waals surface area contributed by atoms with Gasteiger partial charge in [-0.2, -0.15) is 0 Å². The SMILES string of the molecule is C=C(CCC)/C(C)=C(\C)C(=O)NCC1CCCCC1. The van der Waals surface area contributed by atoms with E-state index in [-0.39, 0.29) is 5.91 Å². The van der Waals surface area contributed by atoms with Crippen LogP contribution in [-0.4, -0.2) is 12.5 Å². The van der Waals surface area contributed by atoms with Gasteiger partial charge in [-0.3, -0.25) is 4.79 Å². The molecular weight excluding hydrogens is 234 g/mol. The van der Waals surface area contributed by atoms with Crippen LogP contribution in [0.25, 0.3) is 0 Å². The first-order valence-electron chi connectivity index (χ1n) is 7.70. The molecule has 1 fully saturated rings. The molecule has 2 heteroatoms. The van der Waals surface area contributed by atoms with E-state index in [1.807, 2.05) is 13.8 Å². The van der Waals surface area contributed by atoms with Crippen LogP contribution in [0.4, 0.5) is 0 Å². The highest BCUT2D eigenvalue weighted by molar-refractivity contribution is 5.94. The summed E-state index contributed by atoms with van der Waals surface area (Å²) in [5.74, 6) is 0.768. The number of hydrogen-bond acceptors (Lipinski definition) is 1. The second-order valence-electron chi connectivity index (χ2n) is 5.82. The van der Waals surface area contributed by atoms with Gasteiger partial charge in [0.1, 0.15) is 0 Å². The average Bonchev–Trinajstić information content (AvgIpc) is 2.44. The van der Waals surface area contributed by atoms with Crippen molar-refractivity contribution >= 4 is 5.91 Å². The minimum atomic E-state index is 0.0836. The largest absolute Gasteiger partial charge is 0.352 e. The van der Waals surface area contributed by atoms with E-state index in [1.165, 1.54) is 32.1 Å². The average molecular weight is 263 g/mol. The zero-order chi connectivity index (χ0) is 14.3. The lowest BCUT2D eigenvalue weighted by atomic mass is 9.89. The fourth-order valence-electron chi connectivity index (χ4n) is 2.69. The molecule has 1 amide bonds. The topological polar surface area (TPSA) is 29.1 Å². The van der Waals surface area contributed by atoms with E-state index < -0.39 is 0 Å². The van der Waals surface area contributed by atoms with E-state index in [0.717, 1.165) is 36.1 Å². The molecule has 0 heterocycles. The second-order valence-corrected chi connectivity index (χ2v) is 5.82. The standard InChI is InChI=1S/C17H29NO/c1-5-9-13(2)14(3)15(4)17(19)18-12-16-10-7-6-8-11-16/h16H,2,5-12H2,1,3-4H3,(H,18,19)/b15-14+. The number of hydrogen-bond donors (Lipinski definition) is 1. The quantitative estimate of drug-likeness (QED) is 0.559. The molecule has 1 N–H and O–H groups in total. The van der Waals surface area contributed by atoms with Crippen LogP contribution in [0.15, 0.2) is 23.3 Å². The predicted octanol–water partition coefficient (Wildman–Crippen LogP) is 4.38. The molecule has 0 aromatic carbocycles. The van der Waals surface area contributed by atoms with Crippen molar-refractivity contribution < 1.29 is 4.79 Å². The zero-order valence-corrected chi connectivity index (χ0v) is 12.8. The van der Waals surface area contributed by atoms with Gasteiger partial charge in [0.05, 0.1) is 0 Å². The first-order valence-corrected chi connectivity index (χ1v) is 7.70. The summed E-state index contributed by atoms with van der Waals surface area (Å²) in [6.07, 6.45) is 8.59. The smallest absolute Gasteiger partial charge is 0.247 e. The lowest BCUT2D eigenvalue weighted by Crippen LogP contribution is -2.31. The highest BCUT2D eigenvalue weighted by atomic mass is 16.1. The fraction of sp³-hybridized carbons (Fsp3) is 0.706. The summed E-state index contributed by atoms with van der Waals surface area (Å²) in [7, 11) is 0. The molecule has 2 nitrogen and oxygen atoms in total. The molecule has 0 atom stereocenters. The summed E-state index contributed by atoms with van der Waals surface area (Å²) < 4.78 is 0. The van der Waals surface area contributed by atoms with Crippen LogP contribution in [-0.2, 0) is 4.79 Å². The molecule has 0 bridgehead atoms. The molecule has 0 aliphatic heterocycles. The number of rotatable bonds is 6. The first kappa shape index (κ1) is 16.0. The van der Waals surface area contributed by atoms with Gasteiger partial charge < -0.3 is 5.32 Å². The summed E-state index contributed by atoms with van der Waals surface area (Å²) in [6, 6.07) is 0. The van der Waals surface area contributed by atoms with Crippen LogP contribution >= 0.6 is 0 Å². The Labute approximate surface area is 118 Å². The van der Waals surface area contributed by atoms with Crippen molar-refractivity contribution in [3.63, 3.8) is 0 Å². The third-order valence-electron chi connectivity index (χ3n) is 4.26. The van der Waals surface area contributed by atoms with Gasteiger partial charge in [0.15, 0.2) is 0 Å². The van der Waals surface area contributed by atoms with Crippen LogP contribution in [0.1, 0.15) is 65.7 Å². The van der Waals surface area contributed by atoms with Crippen LogP contribution in [0.3, 0.4) is 0 Å². The minimum Gasteiger partial charge on any atom is -0.352 e. The lowest BCUT2D eigenvalue weighted by molar-refractivity contribution is -0.117. The molecule has 1 rings (SSSR count). The summed E-state index contributed by atoms with van der Waals surface area (Å²) in [5, 5.41) is 3.09. The Morgan fingerprint density at radius 1 is 1.16 bits per heavy atom. The Bertz CT molecular complexity index is 348. The van der Waals surface area contributed by atoms with Gasteiger partial charge in [0.25, 0.3) is 0 Å². The third-order valence-corrected chi connectivity index (χ3v) is 4.26. The Morgan fingerprint density at radius 2 is 1.79 bits per heavy atom. The molecule has 0 unspecified atom stereocenters. The van der Waals surface area contributed by atoms with Gasteiger partial charge in [-0.25, -0.2) is 0 Å². The van der Waals surface area contributed by atoms with Crippen molar-refractivity contribution in [1.29, 1.82) is 0 Å². The monoisotopic (exact) mass is 263 g/mol. The van der Waals surface area contributed by atoms with Crippen molar-refractivity contribution in [2.24, 2.45) is 5.92 Å². The third kappa shape index (κ3) is 5.22. The van der Waals surface area contributed by atoms with E-state index in [4.69, 9.17) is 0 Å². The highest BCUT2D eigenvalue weighted by Gasteiger charge is 2.15. The first-order chi connectivity index (χ1) is 9.06. The van der Waals surface area contributed by atoms with E-state index in [2.05, 4.69) is 18.8 Å². The van der Waals surface area contributed by atoms with Crippen molar-refractivity contribution in [3.05, 3.63) is 23.3 Å². The number of carbonyl (C=O) groups excluding carboxylic acids is 1. The van der Waals surface area contributed by atoms with Crippen molar-refractivity contribution in [1.82, 2.24) is 5.32 Å². The van der Waals surface area contributed by atoms with Crippen LogP contribution in [0, 0.1) is 5.92 Å². The van der Waals surface area contributed by atoms with Gasteiger partial charge in [-0.05, 0) is 44.6 Å². The van der Waals surface area contributed by atoms with Crippen molar-refractivity contribution in [2.75, 3.05) is 6.54 Å². The van der Waals surface area contributed by atoms with Gasteiger partial charge in [-0.1, -0.05) is 44.8 Å². The molecule has 0 saturated heterocycles. The maximum Gasteiger partial charge on any atom is 0.247 e. The summed E-state index contributed by atoms with van der Waals surface area (Å²) in [4.78, 5) is 12.1. The Kier molecular flexibility index (Phi) is 6.90. The Hall–Kier alpha value is -1.05. The molecular formula is C17H29NO. The summed E-state index contributed by atoms with van der Waals surface area (Å²) in [6.45, 7) is 10.9. The van der Waals surface area contributed by atoms with Crippen molar-refractivity contribution in [3.8, 4) is 0 Å². The number of carbonyl (C=O) groups is 1. The van der Waals surface area contributed by atoms with Gasteiger partial charge in [0.2, 0.25) is 5.91 Å². The van der Waals surface area contributed by atoms with Crippen LogP contribution in [0.5, 0.6) is 0 Å². The Balaban J connectivity index is 2.46. The number of nitrogens with one attached hydrogen (secondary N) is 1. The Morgan fingerprint density at radius 3 is 2.37 bits per heavy atom. The van der Waals surface area contributed by atoms with Crippen LogP contribution < -0.4 is 5.32 Å². The second kappa shape index (κ2) is 8.19. The lowest BCUT2D eigenvalue weighted by Gasteiger charge is -2.22. The summed E-state index contributed by atoms with van der Waals surface area (Å²) >= 11 is 0. The molecule has 1 saturated carbocycles. The van der Waals surface area contributed by atoms with E-state index in [0.29, 0.717) is 5.92 Å². The molecule has 1 aliphatic carbocycles. The normalized spacial score (nSPS) is 17.8. The molecule has 0 aromatic heterocycles. The van der Waals surface area contributed by atoms with Crippen molar-refractivity contribution in [2.45, 2.75) is 65.7 Å². The number of allylic oxidation sites excluding steroid dienone is 2. The van der Waals surface area contributed by atoms with E-state index in [1.54, 1.807) is 0 Å². The maximum absolute atomic E-state index is 12.1. The zero-order valence-electron chi connectivity index (χ0n) is 12.8. The van der Waals surface area contributed by atoms with Gasteiger partial charge in [-0.15, -0.1) is 0 Å². The fourth-order valence-corrected chi connectivity index (χ4v) is 2.69. The molecule has 19 heavy (non-hydrogen) atoms. The molecule has 0 radical (unpaired) electrons. The van der Waals surface area contributed by atoms with E-state index >= 15 is 0 Å². The van der Waals surface area contributed by atoms with Gasteiger partial charge in [0, 0.05) is 12.1 Å². The minimum absolute atomic E-state index is 0.0836. The highest BCUT2D eigenvalue weighted by Crippen LogP contribution is 2.23. The molecule has 108 valence electrons. The van der Waals surface area contributed by atoms with Crippen LogP contribution in [0.2, 0.25) is 0 Å². The summed E-state index contributed by atoms with van der Waals surface area (Å²) in [5.41, 5.74) is 2.98. The molecule has 0 spiro atoms. The van der Waals surface area contributed by atoms with Gasteiger partial charge >= 0.3 is 0 Å².